The first kappa shape index (κ1) is 13.6. The zero-order valence-corrected chi connectivity index (χ0v) is 11.7. The summed E-state index contributed by atoms with van der Waals surface area (Å²) in [6.07, 6.45) is 4.59. The molecule has 0 atom stereocenters. The van der Waals surface area contributed by atoms with Crippen molar-refractivity contribution in [2.45, 2.75) is 31.7 Å². The Hall–Kier alpha value is -0.870. The van der Waals surface area contributed by atoms with Crippen molar-refractivity contribution in [3.05, 3.63) is 35.4 Å². The molecule has 0 aromatic heterocycles. The molecule has 0 saturated heterocycles. The molecular formula is C14H21NO2S. The van der Waals surface area contributed by atoms with Crippen LogP contribution < -0.4 is 5.32 Å². The second-order valence-electron chi connectivity index (χ2n) is 5.13. The lowest BCUT2D eigenvalue weighted by molar-refractivity contribution is 0.594. The Kier molecular flexibility index (Phi) is 4.40. The summed E-state index contributed by atoms with van der Waals surface area (Å²) in [7, 11) is -2.82. The van der Waals surface area contributed by atoms with Crippen molar-refractivity contribution in [2.75, 3.05) is 18.6 Å². The van der Waals surface area contributed by atoms with Gasteiger partial charge in [0.05, 0.1) is 5.75 Å². The molecule has 1 N–H and O–H groups in total. The van der Waals surface area contributed by atoms with Crippen molar-refractivity contribution in [3.63, 3.8) is 0 Å². The first-order valence-corrected chi connectivity index (χ1v) is 8.58. The lowest BCUT2D eigenvalue weighted by Gasteiger charge is -2.09. The van der Waals surface area contributed by atoms with Gasteiger partial charge in [-0.05, 0) is 42.9 Å². The quantitative estimate of drug-likeness (QED) is 0.769. The molecule has 0 amide bonds. The van der Waals surface area contributed by atoms with Crippen LogP contribution in [-0.4, -0.2) is 27.0 Å². The van der Waals surface area contributed by atoms with Crippen LogP contribution in [0.4, 0.5) is 0 Å². The van der Waals surface area contributed by atoms with Gasteiger partial charge >= 0.3 is 0 Å². The van der Waals surface area contributed by atoms with E-state index >= 15 is 0 Å². The van der Waals surface area contributed by atoms with E-state index in [4.69, 9.17) is 0 Å². The SMILES string of the molecule is CS(=O)(=O)CCCNCc1ccccc1C1CC1. The Bertz CT molecular complexity index is 492. The molecule has 0 radical (unpaired) electrons. The maximum Gasteiger partial charge on any atom is 0.147 e. The number of rotatable bonds is 7. The topological polar surface area (TPSA) is 46.2 Å². The highest BCUT2D eigenvalue weighted by atomic mass is 32.2. The van der Waals surface area contributed by atoms with Gasteiger partial charge in [0.2, 0.25) is 0 Å². The first-order valence-electron chi connectivity index (χ1n) is 6.52. The third-order valence-electron chi connectivity index (χ3n) is 3.26. The van der Waals surface area contributed by atoms with E-state index in [1.165, 1.54) is 30.2 Å². The normalized spacial score (nSPS) is 15.8. The molecule has 1 aliphatic carbocycles. The van der Waals surface area contributed by atoms with Crippen molar-refractivity contribution in [2.24, 2.45) is 0 Å². The average molecular weight is 267 g/mol. The van der Waals surface area contributed by atoms with E-state index in [0.29, 0.717) is 6.42 Å². The van der Waals surface area contributed by atoms with Gasteiger partial charge in [-0.1, -0.05) is 24.3 Å². The van der Waals surface area contributed by atoms with Gasteiger partial charge in [-0.25, -0.2) is 8.42 Å². The Morgan fingerprint density at radius 3 is 2.67 bits per heavy atom. The van der Waals surface area contributed by atoms with E-state index in [-0.39, 0.29) is 5.75 Å². The molecule has 0 bridgehead atoms. The molecule has 1 saturated carbocycles. The summed E-state index contributed by atoms with van der Waals surface area (Å²) in [6, 6.07) is 8.54. The number of sulfone groups is 1. The standard InChI is InChI=1S/C14H21NO2S/c1-18(16,17)10-4-9-15-11-13-5-2-3-6-14(13)12-7-8-12/h2-3,5-6,12,15H,4,7-11H2,1H3. The minimum Gasteiger partial charge on any atom is -0.313 e. The highest BCUT2D eigenvalue weighted by molar-refractivity contribution is 7.90. The third kappa shape index (κ3) is 4.42. The third-order valence-corrected chi connectivity index (χ3v) is 4.29. The summed E-state index contributed by atoms with van der Waals surface area (Å²) in [5.74, 6) is 1.03. The zero-order valence-electron chi connectivity index (χ0n) is 10.9. The predicted octanol–water partition coefficient (Wildman–Crippen LogP) is 2.09. The van der Waals surface area contributed by atoms with Crippen molar-refractivity contribution in [3.8, 4) is 0 Å². The Labute approximate surface area is 110 Å². The maximum atomic E-state index is 11.0. The van der Waals surface area contributed by atoms with Crippen molar-refractivity contribution < 1.29 is 8.42 Å². The fraction of sp³-hybridized carbons (Fsp3) is 0.571. The maximum absolute atomic E-state index is 11.0. The van der Waals surface area contributed by atoms with Gasteiger partial charge in [0.15, 0.2) is 0 Å². The van der Waals surface area contributed by atoms with Crippen LogP contribution in [0, 0.1) is 0 Å². The Morgan fingerprint density at radius 1 is 1.28 bits per heavy atom. The van der Waals surface area contributed by atoms with Gasteiger partial charge < -0.3 is 5.32 Å². The minimum atomic E-state index is -2.82. The smallest absolute Gasteiger partial charge is 0.147 e. The number of nitrogens with one attached hydrogen (secondary N) is 1. The van der Waals surface area contributed by atoms with Crippen LogP contribution in [0.25, 0.3) is 0 Å². The monoisotopic (exact) mass is 267 g/mol. The lowest BCUT2D eigenvalue weighted by Crippen LogP contribution is -2.18. The molecular weight excluding hydrogens is 246 g/mol. The highest BCUT2D eigenvalue weighted by Gasteiger charge is 2.25. The number of benzene rings is 1. The van der Waals surface area contributed by atoms with Gasteiger partial charge in [-0.2, -0.15) is 0 Å². The minimum absolute atomic E-state index is 0.268. The summed E-state index contributed by atoms with van der Waals surface area (Å²) >= 11 is 0. The molecule has 2 rings (SSSR count). The summed E-state index contributed by atoms with van der Waals surface area (Å²) in [5, 5.41) is 3.33. The molecule has 1 aromatic carbocycles. The highest BCUT2D eigenvalue weighted by Crippen LogP contribution is 2.41. The van der Waals surface area contributed by atoms with Gasteiger partial charge in [0.25, 0.3) is 0 Å². The van der Waals surface area contributed by atoms with Crippen LogP contribution in [0.5, 0.6) is 0 Å². The van der Waals surface area contributed by atoms with E-state index in [1.807, 2.05) is 0 Å². The summed E-state index contributed by atoms with van der Waals surface area (Å²) in [4.78, 5) is 0. The van der Waals surface area contributed by atoms with E-state index in [2.05, 4.69) is 29.6 Å². The molecule has 3 nitrogen and oxygen atoms in total. The molecule has 0 heterocycles. The zero-order chi connectivity index (χ0) is 13.0. The van der Waals surface area contributed by atoms with E-state index in [1.54, 1.807) is 0 Å². The number of hydrogen-bond acceptors (Lipinski definition) is 3. The van der Waals surface area contributed by atoms with E-state index < -0.39 is 9.84 Å². The molecule has 1 aliphatic rings. The number of hydrogen-bond donors (Lipinski definition) is 1. The van der Waals surface area contributed by atoms with Gasteiger partial charge in [0, 0.05) is 12.8 Å². The second-order valence-corrected chi connectivity index (χ2v) is 7.39. The summed E-state index contributed by atoms with van der Waals surface area (Å²) in [5.41, 5.74) is 2.83. The largest absolute Gasteiger partial charge is 0.313 e. The van der Waals surface area contributed by atoms with Crippen LogP contribution in [0.3, 0.4) is 0 Å². The van der Waals surface area contributed by atoms with Crippen LogP contribution in [0.2, 0.25) is 0 Å². The molecule has 0 aliphatic heterocycles. The van der Waals surface area contributed by atoms with Crippen molar-refractivity contribution >= 4 is 9.84 Å². The fourth-order valence-corrected chi connectivity index (χ4v) is 2.84. The molecule has 100 valence electrons. The fourth-order valence-electron chi connectivity index (χ4n) is 2.17. The van der Waals surface area contributed by atoms with Gasteiger partial charge in [0.1, 0.15) is 9.84 Å². The average Bonchev–Trinajstić information content (AvgIpc) is 3.11. The van der Waals surface area contributed by atoms with Crippen molar-refractivity contribution in [1.29, 1.82) is 0 Å². The molecule has 1 fully saturated rings. The summed E-state index contributed by atoms with van der Waals surface area (Å²) < 4.78 is 22.0. The van der Waals surface area contributed by atoms with Crippen LogP contribution >= 0.6 is 0 Å². The molecule has 0 spiro atoms. The Balaban J connectivity index is 1.76. The van der Waals surface area contributed by atoms with Crippen LogP contribution in [-0.2, 0) is 16.4 Å². The molecule has 18 heavy (non-hydrogen) atoms. The van der Waals surface area contributed by atoms with Crippen LogP contribution in [0.15, 0.2) is 24.3 Å². The van der Waals surface area contributed by atoms with Crippen molar-refractivity contribution in [1.82, 2.24) is 5.32 Å². The van der Waals surface area contributed by atoms with E-state index in [9.17, 15) is 8.42 Å². The second kappa shape index (κ2) is 5.85. The van der Waals surface area contributed by atoms with E-state index in [0.717, 1.165) is 19.0 Å². The first-order chi connectivity index (χ1) is 8.56. The van der Waals surface area contributed by atoms with Gasteiger partial charge in [-0.3, -0.25) is 0 Å². The predicted molar refractivity (Wildman–Crippen MR) is 74.5 cm³/mol. The van der Waals surface area contributed by atoms with Crippen LogP contribution in [0.1, 0.15) is 36.3 Å². The molecule has 4 heteroatoms. The summed E-state index contributed by atoms with van der Waals surface area (Å²) in [6.45, 7) is 1.60. The Morgan fingerprint density at radius 2 is 2.00 bits per heavy atom. The van der Waals surface area contributed by atoms with Gasteiger partial charge in [-0.15, -0.1) is 0 Å². The lowest BCUT2D eigenvalue weighted by atomic mass is 10.0. The molecule has 1 aromatic rings. The molecule has 0 unspecified atom stereocenters.